The normalized spacial score (nSPS) is 11.2. The van der Waals surface area contributed by atoms with Gasteiger partial charge in [-0.15, -0.1) is 0 Å². The van der Waals surface area contributed by atoms with E-state index in [4.69, 9.17) is 4.74 Å². The Morgan fingerprint density at radius 1 is 1.17 bits per heavy atom. The predicted octanol–water partition coefficient (Wildman–Crippen LogP) is 2.85. The number of sulfonamides is 1. The summed E-state index contributed by atoms with van der Waals surface area (Å²) in [6.45, 7) is 1.73. The number of nitrogens with one attached hydrogen (secondary N) is 1. The topological polar surface area (TPSA) is 98.5 Å². The molecule has 7 nitrogen and oxygen atoms in total. The fourth-order valence-corrected chi connectivity index (χ4v) is 3.73. The molecular weight excluding hydrogens is 320 g/mol. The number of hydrogen-bond donors (Lipinski definition) is 1. The van der Waals surface area contributed by atoms with Crippen LogP contribution in [0.2, 0.25) is 0 Å². The van der Waals surface area contributed by atoms with E-state index < -0.39 is 20.6 Å². The number of para-hydroxylation sites is 1. The molecule has 2 rings (SSSR count). The van der Waals surface area contributed by atoms with Gasteiger partial charge in [0.05, 0.1) is 17.2 Å². The molecule has 0 atom stereocenters. The minimum Gasteiger partial charge on any atom is -0.380 e. The zero-order chi connectivity index (χ0) is 17.0. The van der Waals surface area contributed by atoms with Crippen LogP contribution in [0.1, 0.15) is 11.1 Å². The summed E-state index contributed by atoms with van der Waals surface area (Å²) in [6, 6.07) is 10.9. The summed E-state index contributed by atoms with van der Waals surface area (Å²) in [6.07, 6.45) is 0. The van der Waals surface area contributed by atoms with Gasteiger partial charge in [0.25, 0.3) is 15.7 Å². The summed E-state index contributed by atoms with van der Waals surface area (Å²) >= 11 is 0. The van der Waals surface area contributed by atoms with Crippen LogP contribution in [0, 0.1) is 17.0 Å². The molecule has 0 spiro atoms. The largest absolute Gasteiger partial charge is 0.380 e. The van der Waals surface area contributed by atoms with Gasteiger partial charge in [0.2, 0.25) is 0 Å². The summed E-state index contributed by atoms with van der Waals surface area (Å²) in [4.78, 5) is 10.1. The Labute approximate surface area is 134 Å². The van der Waals surface area contributed by atoms with Gasteiger partial charge in [0.1, 0.15) is 0 Å². The van der Waals surface area contributed by atoms with Crippen molar-refractivity contribution in [3.63, 3.8) is 0 Å². The van der Waals surface area contributed by atoms with Gasteiger partial charge in [0.15, 0.2) is 4.90 Å². The smallest absolute Gasteiger partial charge is 0.290 e. The van der Waals surface area contributed by atoms with Gasteiger partial charge in [-0.3, -0.25) is 14.8 Å². The van der Waals surface area contributed by atoms with E-state index in [0.29, 0.717) is 16.8 Å². The minimum absolute atomic E-state index is 0.217. The van der Waals surface area contributed by atoms with Crippen LogP contribution in [0.4, 0.5) is 11.4 Å². The molecule has 0 heterocycles. The van der Waals surface area contributed by atoms with E-state index in [-0.39, 0.29) is 11.5 Å². The average molecular weight is 336 g/mol. The van der Waals surface area contributed by atoms with E-state index in [1.54, 1.807) is 24.3 Å². The number of methoxy groups -OCH3 is 1. The summed E-state index contributed by atoms with van der Waals surface area (Å²) in [5, 5.41) is 11.1. The van der Waals surface area contributed by atoms with E-state index in [1.807, 2.05) is 0 Å². The molecule has 0 aliphatic heterocycles. The second-order valence-electron chi connectivity index (χ2n) is 4.88. The van der Waals surface area contributed by atoms with Crippen molar-refractivity contribution in [3.8, 4) is 0 Å². The number of nitro benzene ring substituents is 1. The predicted molar refractivity (Wildman–Crippen MR) is 85.8 cm³/mol. The van der Waals surface area contributed by atoms with Gasteiger partial charge < -0.3 is 4.74 Å². The van der Waals surface area contributed by atoms with Gasteiger partial charge in [0, 0.05) is 18.7 Å². The molecule has 0 radical (unpaired) electrons. The lowest BCUT2D eigenvalue weighted by Gasteiger charge is -2.13. The van der Waals surface area contributed by atoms with Crippen molar-refractivity contribution in [2.45, 2.75) is 18.4 Å². The molecule has 0 bridgehead atoms. The second kappa shape index (κ2) is 6.76. The standard InChI is InChI=1S/C15H16N2O5S/c1-11-6-5-9-14(17(18)19)15(11)23(20,21)16-13-8-4-3-7-12(13)10-22-2/h3-9,16H,10H2,1-2H3. The molecule has 0 aliphatic rings. The van der Waals surface area contributed by atoms with Crippen molar-refractivity contribution >= 4 is 21.4 Å². The minimum atomic E-state index is -4.11. The molecule has 0 fully saturated rings. The highest BCUT2D eigenvalue weighted by Gasteiger charge is 2.28. The molecule has 0 unspecified atom stereocenters. The fraction of sp³-hybridized carbons (Fsp3) is 0.200. The number of anilines is 1. The maximum Gasteiger partial charge on any atom is 0.290 e. The third kappa shape index (κ3) is 3.66. The van der Waals surface area contributed by atoms with Crippen LogP contribution < -0.4 is 4.72 Å². The van der Waals surface area contributed by atoms with E-state index in [1.165, 1.54) is 32.2 Å². The summed E-state index contributed by atoms with van der Waals surface area (Å²) in [7, 11) is -2.61. The van der Waals surface area contributed by atoms with Crippen molar-refractivity contribution in [1.82, 2.24) is 0 Å². The SMILES string of the molecule is COCc1ccccc1NS(=O)(=O)c1c(C)cccc1[N+](=O)[O-]. The average Bonchev–Trinajstić information content (AvgIpc) is 2.48. The highest BCUT2D eigenvalue weighted by Crippen LogP contribution is 2.29. The zero-order valence-corrected chi connectivity index (χ0v) is 13.5. The third-order valence-electron chi connectivity index (χ3n) is 3.22. The molecule has 0 saturated carbocycles. The van der Waals surface area contributed by atoms with Crippen LogP contribution in [0.15, 0.2) is 47.4 Å². The molecule has 0 saturated heterocycles. The highest BCUT2D eigenvalue weighted by atomic mass is 32.2. The molecule has 1 N–H and O–H groups in total. The molecule has 8 heteroatoms. The van der Waals surface area contributed by atoms with Crippen LogP contribution in [-0.2, 0) is 21.4 Å². The third-order valence-corrected chi connectivity index (χ3v) is 4.78. The number of ether oxygens (including phenoxy) is 1. The summed E-state index contributed by atoms with van der Waals surface area (Å²) in [5.74, 6) is 0. The molecule has 122 valence electrons. The molecule has 23 heavy (non-hydrogen) atoms. The Morgan fingerprint density at radius 3 is 2.52 bits per heavy atom. The van der Waals surface area contributed by atoms with Gasteiger partial charge in [-0.1, -0.05) is 30.3 Å². The Morgan fingerprint density at radius 2 is 1.87 bits per heavy atom. The van der Waals surface area contributed by atoms with E-state index in [2.05, 4.69) is 4.72 Å². The van der Waals surface area contributed by atoms with Crippen molar-refractivity contribution in [1.29, 1.82) is 0 Å². The molecule has 0 aromatic heterocycles. The molecule has 2 aromatic rings. The van der Waals surface area contributed by atoms with E-state index >= 15 is 0 Å². The van der Waals surface area contributed by atoms with E-state index in [0.717, 1.165) is 0 Å². The van der Waals surface area contributed by atoms with Crippen LogP contribution in [0.3, 0.4) is 0 Å². The molecule has 0 amide bonds. The first kappa shape index (κ1) is 16.9. The number of rotatable bonds is 6. The fourth-order valence-electron chi connectivity index (χ4n) is 2.23. The molecular formula is C15H16N2O5S. The highest BCUT2D eigenvalue weighted by molar-refractivity contribution is 7.93. The number of hydrogen-bond acceptors (Lipinski definition) is 5. The van der Waals surface area contributed by atoms with Gasteiger partial charge >= 0.3 is 0 Å². The maximum atomic E-state index is 12.6. The lowest BCUT2D eigenvalue weighted by molar-refractivity contribution is -0.387. The van der Waals surface area contributed by atoms with Crippen LogP contribution in [0.25, 0.3) is 0 Å². The molecule has 2 aromatic carbocycles. The Hall–Kier alpha value is -2.45. The lowest BCUT2D eigenvalue weighted by Crippen LogP contribution is -2.17. The monoisotopic (exact) mass is 336 g/mol. The van der Waals surface area contributed by atoms with Crippen molar-refractivity contribution < 1.29 is 18.1 Å². The van der Waals surface area contributed by atoms with Crippen molar-refractivity contribution in [2.75, 3.05) is 11.8 Å². The number of nitrogens with zero attached hydrogens (tertiary/aromatic N) is 1. The van der Waals surface area contributed by atoms with Gasteiger partial charge in [-0.2, -0.15) is 0 Å². The summed E-state index contributed by atoms with van der Waals surface area (Å²) < 4.78 is 32.7. The van der Waals surface area contributed by atoms with Gasteiger partial charge in [-0.05, 0) is 18.6 Å². The number of nitro groups is 1. The zero-order valence-electron chi connectivity index (χ0n) is 12.6. The first-order valence-electron chi connectivity index (χ1n) is 6.70. The number of benzene rings is 2. The van der Waals surface area contributed by atoms with E-state index in [9.17, 15) is 18.5 Å². The first-order valence-corrected chi connectivity index (χ1v) is 8.19. The maximum absolute atomic E-state index is 12.6. The Balaban J connectivity index is 2.51. The van der Waals surface area contributed by atoms with Crippen LogP contribution in [-0.4, -0.2) is 20.5 Å². The Bertz CT molecular complexity index is 834. The quantitative estimate of drug-likeness (QED) is 0.646. The summed E-state index contributed by atoms with van der Waals surface area (Å²) in [5.41, 5.74) is 0.805. The van der Waals surface area contributed by atoms with Crippen molar-refractivity contribution in [2.24, 2.45) is 0 Å². The van der Waals surface area contributed by atoms with Crippen molar-refractivity contribution in [3.05, 3.63) is 63.7 Å². The first-order chi connectivity index (χ1) is 10.9. The van der Waals surface area contributed by atoms with Crippen LogP contribution >= 0.6 is 0 Å². The Kier molecular flexibility index (Phi) is 4.97. The second-order valence-corrected chi connectivity index (χ2v) is 6.50. The lowest BCUT2D eigenvalue weighted by atomic mass is 10.2. The number of aryl methyl sites for hydroxylation is 1. The van der Waals surface area contributed by atoms with Gasteiger partial charge in [-0.25, -0.2) is 8.42 Å². The van der Waals surface area contributed by atoms with Crippen LogP contribution in [0.5, 0.6) is 0 Å². The molecule has 0 aliphatic carbocycles.